The molecule has 0 bridgehead atoms. The second kappa shape index (κ2) is 8.83. The van der Waals surface area contributed by atoms with Gasteiger partial charge in [0.2, 0.25) is 0 Å². The van der Waals surface area contributed by atoms with Gasteiger partial charge in [-0.05, 0) is 45.4 Å². The molecule has 0 radical (unpaired) electrons. The van der Waals surface area contributed by atoms with Crippen LogP contribution < -0.4 is 10.6 Å². The van der Waals surface area contributed by atoms with Crippen molar-refractivity contribution >= 4 is 11.7 Å². The van der Waals surface area contributed by atoms with Crippen molar-refractivity contribution in [2.75, 3.05) is 11.9 Å². The molecule has 1 aromatic carbocycles. The lowest BCUT2D eigenvalue weighted by molar-refractivity contribution is -0.272. The van der Waals surface area contributed by atoms with Crippen molar-refractivity contribution in [3.8, 4) is 0 Å². The Balaban J connectivity index is 2.04. The summed E-state index contributed by atoms with van der Waals surface area (Å²) in [5.74, 6) is -0.729. The molecule has 1 unspecified atom stereocenters. The molecule has 0 aromatic heterocycles. The van der Waals surface area contributed by atoms with Gasteiger partial charge in [0.1, 0.15) is 6.10 Å². The summed E-state index contributed by atoms with van der Waals surface area (Å²) in [5.41, 5.74) is 2.64. The molecule has 2 rings (SSSR count). The van der Waals surface area contributed by atoms with Crippen molar-refractivity contribution in [1.82, 2.24) is 5.32 Å². The molecule has 1 aliphatic heterocycles. The zero-order chi connectivity index (χ0) is 19.2. The lowest BCUT2D eigenvalue weighted by atomic mass is 10.0. The maximum atomic E-state index is 12.4. The van der Waals surface area contributed by atoms with Crippen molar-refractivity contribution in [1.29, 1.82) is 0 Å². The van der Waals surface area contributed by atoms with Crippen molar-refractivity contribution in [3.05, 3.63) is 66.3 Å². The summed E-state index contributed by atoms with van der Waals surface area (Å²) in [7, 11) is 0. The normalized spacial score (nSPS) is 22.5. The molecule has 140 valence electrons. The molecule has 1 aromatic rings. The summed E-state index contributed by atoms with van der Waals surface area (Å²) in [6.45, 7) is 12.1. The Morgan fingerprint density at radius 1 is 1.27 bits per heavy atom. The first-order chi connectivity index (χ1) is 12.3. The van der Waals surface area contributed by atoms with Gasteiger partial charge in [0.15, 0.2) is 5.79 Å². The maximum Gasteiger partial charge on any atom is 0.319 e. The molecule has 1 fully saturated rings. The number of benzene rings is 1. The summed E-state index contributed by atoms with van der Waals surface area (Å²) < 4.78 is 11.7. The number of carbonyl (C=O) groups excluding carboxylic acids is 1. The van der Waals surface area contributed by atoms with Crippen molar-refractivity contribution in [2.45, 2.75) is 45.6 Å². The predicted molar refractivity (Wildman–Crippen MR) is 105 cm³/mol. The van der Waals surface area contributed by atoms with Crippen LogP contribution in [-0.2, 0) is 9.47 Å². The Morgan fingerprint density at radius 3 is 2.62 bits per heavy atom. The Labute approximate surface area is 155 Å². The Kier molecular flexibility index (Phi) is 6.77. The van der Waals surface area contributed by atoms with E-state index in [2.05, 4.69) is 17.2 Å². The molecule has 1 aliphatic rings. The van der Waals surface area contributed by atoms with Gasteiger partial charge >= 0.3 is 6.03 Å². The van der Waals surface area contributed by atoms with E-state index in [0.29, 0.717) is 6.61 Å². The van der Waals surface area contributed by atoms with E-state index in [1.807, 2.05) is 76.3 Å². The number of hydrogen-bond donors (Lipinski definition) is 2. The van der Waals surface area contributed by atoms with Crippen LogP contribution >= 0.6 is 0 Å². The van der Waals surface area contributed by atoms with E-state index in [1.54, 1.807) is 0 Å². The van der Waals surface area contributed by atoms with Crippen LogP contribution in [0.25, 0.3) is 0 Å². The highest BCUT2D eigenvalue weighted by Gasteiger charge is 2.38. The van der Waals surface area contributed by atoms with Gasteiger partial charge in [0.25, 0.3) is 0 Å². The fourth-order valence-electron chi connectivity index (χ4n) is 2.61. The largest absolute Gasteiger partial charge is 0.348 e. The van der Waals surface area contributed by atoms with E-state index in [-0.39, 0.29) is 18.2 Å². The summed E-state index contributed by atoms with van der Waals surface area (Å²) in [6, 6.07) is 6.98. The number of amides is 2. The highest BCUT2D eigenvalue weighted by molar-refractivity contribution is 5.89. The van der Waals surface area contributed by atoms with Crippen LogP contribution in [0.1, 0.15) is 26.3 Å². The molecule has 26 heavy (non-hydrogen) atoms. The molecular weight excluding hydrogens is 328 g/mol. The molecule has 0 saturated carbocycles. The van der Waals surface area contributed by atoms with Gasteiger partial charge < -0.3 is 20.1 Å². The minimum atomic E-state index is -0.729. The number of urea groups is 1. The number of rotatable bonds is 5. The third-order valence-electron chi connectivity index (χ3n) is 3.99. The van der Waals surface area contributed by atoms with E-state index in [4.69, 9.17) is 9.47 Å². The van der Waals surface area contributed by atoms with Gasteiger partial charge in [-0.15, -0.1) is 0 Å². The molecule has 5 nitrogen and oxygen atoms in total. The summed E-state index contributed by atoms with van der Waals surface area (Å²) >= 11 is 0. The maximum absolute atomic E-state index is 12.4. The number of hydrogen-bond acceptors (Lipinski definition) is 3. The Morgan fingerprint density at radius 2 is 1.96 bits per heavy atom. The minimum Gasteiger partial charge on any atom is -0.348 e. The van der Waals surface area contributed by atoms with Crippen LogP contribution in [0.3, 0.4) is 0 Å². The fourth-order valence-corrected chi connectivity index (χ4v) is 2.61. The first-order valence-corrected chi connectivity index (χ1v) is 8.75. The van der Waals surface area contributed by atoms with E-state index >= 15 is 0 Å². The van der Waals surface area contributed by atoms with Crippen LogP contribution in [0, 0.1) is 6.92 Å². The second-order valence-electron chi connectivity index (χ2n) is 6.78. The molecule has 2 N–H and O–H groups in total. The molecule has 1 heterocycles. The van der Waals surface area contributed by atoms with Crippen molar-refractivity contribution in [2.24, 2.45) is 0 Å². The number of anilines is 1. The molecule has 2 atom stereocenters. The zero-order valence-electron chi connectivity index (χ0n) is 15.9. The first kappa shape index (κ1) is 19.9. The quantitative estimate of drug-likeness (QED) is 0.772. The SMILES string of the molecule is C=C(/C=C\C=C/C)[C@@H]1OC(C)(C)OCC1NC(=O)Nc1ccc(C)cc1. The van der Waals surface area contributed by atoms with E-state index in [9.17, 15) is 4.79 Å². The molecule has 2 amide bonds. The Bertz CT molecular complexity index is 690. The average Bonchev–Trinajstić information content (AvgIpc) is 2.58. The summed E-state index contributed by atoms with van der Waals surface area (Å²) in [4.78, 5) is 12.4. The van der Waals surface area contributed by atoms with Crippen molar-refractivity contribution in [3.63, 3.8) is 0 Å². The highest BCUT2D eigenvalue weighted by Crippen LogP contribution is 2.26. The predicted octanol–water partition coefficient (Wildman–Crippen LogP) is 4.33. The summed E-state index contributed by atoms with van der Waals surface area (Å²) in [6.07, 6.45) is 7.27. The lowest BCUT2D eigenvalue weighted by Crippen LogP contribution is -2.57. The van der Waals surface area contributed by atoms with Gasteiger partial charge in [-0.1, -0.05) is 48.6 Å². The minimum absolute atomic E-state index is 0.305. The van der Waals surface area contributed by atoms with Crippen LogP contribution in [0.2, 0.25) is 0 Å². The lowest BCUT2D eigenvalue weighted by Gasteiger charge is -2.41. The number of aryl methyl sites for hydroxylation is 1. The van der Waals surface area contributed by atoms with Gasteiger partial charge in [-0.3, -0.25) is 0 Å². The van der Waals surface area contributed by atoms with Gasteiger partial charge in [-0.25, -0.2) is 4.79 Å². The van der Waals surface area contributed by atoms with Crippen molar-refractivity contribution < 1.29 is 14.3 Å². The van der Waals surface area contributed by atoms with Gasteiger partial charge in [0.05, 0.1) is 12.6 Å². The van der Waals surface area contributed by atoms with Crippen LogP contribution in [-0.4, -0.2) is 30.6 Å². The highest BCUT2D eigenvalue weighted by atomic mass is 16.7. The smallest absolute Gasteiger partial charge is 0.319 e. The number of allylic oxidation sites excluding steroid dienone is 3. The zero-order valence-corrected chi connectivity index (χ0v) is 15.9. The van der Waals surface area contributed by atoms with Crippen LogP contribution in [0.5, 0.6) is 0 Å². The molecule has 0 aliphatic carbocycles. The van der Waals surface area contributed by atoms with Gasteiger partial charge in [0, 0.05) is 5.69 Å². The van der Waals surface area contributed by atoms with E-state index in [1.165, 1.54) is 0 Å². The monoisotopic (exact) mass is 356 g/mol. The topological polar surface area (TPSA) is 59.6 Å². The number of carbonyl (C=O) groups is 1. The molecule has 1 saturated heterocycles. The fraction of sp³-hybridized carbons (Fsp3) is 0.381. The van der Waals surface area contributed by atoms with E-state index in [0.717, 1.165) is 16.8 Å². The average molecular weight is 356 g/mol. The number of nitrogens with one attached hydrogen (secondary N) is 2. The first-order valence-electron chi connectivity index (χ1n) is 8.75. The third kappa shape index (κ3) is 5.86. The van der Waals surface area contributed by atoms with E-state index < -0.39 is 5.79 Å². The molecular formula is C21H28N2O3. The van der Waals surface area contributed by atoms with Crippen LogP contribution in [0.4, 0.5) is 10.5 Å². The molecule has 5 heteroatoms. The Hall–Kier alpha value is -2.37. The summed E-state index contributed by atoms with van der Waals surface area (Å²) in [5, 5.41) is 5.76. The number of ether oxygens (including phenoxy) is 2. The molecule has 0 spiro atoms. The third-order valence-corrected chi connectivity index (χ3v) is 3.99. The second-order valence-corrected chi connectivity index (χ2v) is 6.78. The van der Waals surface area contributed by atoms with Gasteiger partial charge in [-0.2, -0.15) is 0 Å². The standard InChI is InChI=1S/C21H28N2O3/c1-6-7-8-9-16(3)19-18(14-25-21(4,5)26-19)23-20(24)22-17-12-10-15(2)11-13-17/h6-13,18-19H,3,14H2,1-2,4-5H3,(H2,22,23,24)/b7-6-,9-8-/t18?,19-/m0/s1. The van der Waals surface area contributed by atoms with Crippen LogP contribution in [0.15, 0.2) is 60.7 Å².